The van der Waals surface area contributed by atoms with Crippen LogP contribution in [0.2, 0.25) is 0 Å². The van der Waals surface area contributed by atoms with Crippen molar-refractivity contribution in [3.8, 4) is 0 Å². The van der Waals surface area contributed by atoms with E-state index in [9.17, 15) is 4.39 Å². The number of hydrogen-bond acceptors (Lipinski definition) is 2. The van der Waals surface area contributed by atoms with Gasteiger partial charge in [-0.15, -0.1) is 0 Å². The lowest BCUT2D eigenvalue weighted by atomic mass is 9.90. The molecule has 0 aromatic heterocycles. The zero-order valence-corrected chi connectivity index (χ0v) is 7.13. The van der Waals surface area contributed by atoms with Crippen LogP contribution in [0.25, 0.3) is 0 Å². The van der Waals surface area contributed by atoms with Crippen molar-refractivity contribution in [1.29, 1.82) is 0 Å². The number of nitrogens with zero attached hydrogens (tertiary/aromatic N) is 1. The van der Waals surface area contributed by atoms with Gasteiger partial charge in [-0.05, 0) is 36.1 Å². The maximum absolute atomic E-state index is 12.8. The second-order valence-electron chi connectivity index (χ2n) is 3.26. The minimum absolute atomic E-state index is 0.192. The highest BCUT2D eigenvalue weighted by atomic mass is 19.1. The second-order valence-corrected chi connectivity index (χ2v) is 3.26. The summed E-state index contributed by atoms with van der Waals surface area (Å²) in [6.45, 7) is 0. The first-order valence-corrected chi connectivity index (χ1v) is 4.26. The van der Waals surface area contributed by atoms with Crippen LogP contribution in [0.5, 0.6) is 0 Å². The summed E-state index contributed by atoms with van der Waals surface area (Å²) in [5.41, 5.74) is 2.88. The van der Waals surface area contributed by atoms with E-state index in [4.69, 9.17) is 5.21 Å². The molecular formula is C10H10FNO. The van der Waals surface area contributed by atoms with Crippen LogP contribution in [-0.2, 0) is 12.8 Å². The standard InChI is InChI=1S/C10H10FNO/c11-9-3-1-8-6-10(12-13)4-2-7(8)5-9/h1,3,5,13H,2,4,6H2/b12-10+. The lowest BCUT2D eigenvalue weighted by Gasteiger charge is -2.15. The summed E-state index contributed by atoms with van der Waals surface area (Å²) in [4.78, 5) is 0. The zero-order chi connectivity index (χ0) is 9.26. The lowest BCUT2D eigenvalue weighted by molar-refractivity contribution is 0.316. The first-order valence-electron chi connectivity index (χ1n) is 4.26. The fourth-order valence-electron chi connectivity index (χ4n) is 1.67. The van der Waals surface area contributed by atoms with Gasteiger partial charge in [0.25, 0.3) is 0 Å². The van der Waals surface area contributed by atoms with Crippen molar-refractivity contribution in [2.45, 2.75) is 19.3 Å². The molecule has 0 aliphatic heterocycles. The minimum Gasteiger partial charge on any atom is -0.411 e. The van der Waals surface area contributed by atoms with Gasteiger partial charge in [-0.1, -0.05) is 11.2 Å². The fraction of sp³-hybridized carbons (Fsp3) is 0.300. The van der Waals surface area contributed by atoms with Crippen LogP contribution in [0.1, 0.15) is 17.5 Å². The van der Waals surface area contributed by atoms with Crippen molar-refractivity contribution in [1.82, 2.24) is 0 Å². The SMILES string of the molecule is O/N=C1\CCc2cc(F)ccc2C1. The van der Waals surface area contributed by atoms with Crippen LogP contribution >= 0.6 is 0 Å². The molecule has 0 radical (unpaired) electrons. The van der Waals surface area contributed by atoms with Gasteiger partial charge in [-0.3, -0.25) is 0 Å². The van der Waals surface area contributed by atoms with Gasteiger partial charge in [0.05, 0.1) is 5.71 Å². The molecule has 0 atom stereocenters. The van der Waals surface area contributed by atoms with Gasteiger partial charge in [0.1, 0.15) is 5.82 Å². The molecule has 2 nitrogen and oxygen atoms in total. The molecule has 0 bridgehead atoms. The van der Waals surface area contributed by atoms with E-state index in [0.29, 0.717) is 6.42 Å². The molecule has 1 N–H and O–H groups in total. The van der Waals surface area contributed by atoms with Gasteiger partial charge in [0.2, 0.25) is 0 Å². The lowest BCUT2D eigenvalue weighted by Crippen LogP contribution is -2.13. The Labute approximate surface area is 75.7 Å². The van der Waals surface area contributed by atoms with E-state index in [2.05, 4.69) is 5.16 Å². The number of benzene rings is 1. The normalized spacial score (nSPS) is 18.7. The van der Waals surface area contributed by atoms with Crippen molar-refractivity contribution < 1.29 is 9.60 Å². The van der Waals surface area contributed by atoms with Crippen LogP contribution < -0.4 is 0 Å². The monoisotopic (exact) mass is 179 g/mol. The maximum Gasteiger partial charge on any atom is 0.123 e. The Morgan fingerprint density at radius 3 is 2.85 bits per heavy atom. The average Bonchev–Trinajstić information content (AvgIpc) is 2.17. The highest BCUT2D eigenvalue weighted by molar-refractivity contribution is 5.88. The van der Waals surface area contributed by atoms with Gasteiger partial charge in [-0.2, -0.15) is 0 Å². The molecule has 0 spiro atoms. The Morgan fingerprint density at radius 1 is 1.23 bits per heavy atom. The van der Waals surface area contributed by atoms with Gasteiger partial charge in [0, 0.05) is 6.42 Å². The Balaban J connectivity index is 2.37. The summed E-state index contributed by atoms with van der Waals surface area (Å²) < 4.78 is 12.8. The number of halogens is 1. The molecule has 1 aromatic rings. The summed E-state index contributed by atoms with van der Waals surface area (Å²) in [6, 6.07) is 4.76. The molecule has 3 heteroatoms. The Bertz CT molecular complexity index is 360. The van der Waals surface area contributed by atoms with Crippen molar-refractivity contribution in [3.63, 3.8) is 0 Å². The van der Waals surface area contributed by atoms with Gasteiger partial charge in [-0.25, -0.2) is 4.39 Å². The summed E-state index contributed by atoms with van der Waals surface area (Å²) >= 11 is 0. The fourth-order valence-corrected chi connectivity index (χ4v) is 1.67. The third kappa shape index (κ3) is 1.54. The van der Waals surface area contributed by atoms with Crippen LogP contribution in [0.3, 0.4) is 0 Å². The van der Waals surface area contributed by atoms with Gasteiger partial charge in [0.15, 0.2) is 0 Å². The topological polar surface area (TPSA) is 32.6 Å². The van der Waals surface area contributed by atoms with E-state index in [1.165, 1.54) is 6.07 Å². The predicted octanol–water partition coefficient (Wildman–Crippen LogP) is 2.14. The third-order valence-electron chi connectivity index (χ3n) is 2.39. The molecule has 0 saturated heterocycles. The highest BCUT2D eigenvalue weighted by Gasteiger charge is 2.14. The van der Waals surface area contributed by atoms with E-state index < -0.39 is 0 Å². The van der Waals surface area contributed by atoms with E-state index in [-0.39, 0.29) is 5.82 Å². The van der Waals surface area contributed by atoms with Crippen LogP contribution in [0.4, 0.5) is 4.39 Å². The zero-order valence-electron chi connectivity index (χ0n) is 7.13. The van der Waals surface area contributed by atoms with E-state index in [1.807, 2.05) is 0 Å². The number of fused-ring (bicyclic) bond motifs is 1. The van der Waals surface area contributed by atoms with Crippen molar-refractivity contribution >= 4 is 5.71 Å². The molecule has 0 fully saturated rings. The quantitative estimate of drug-likeness (QED) is 0.480. The molecule has 13 heavy (non-hydrogen) atoms. The molecule has 2 rings (SSSR count). The third-order valence-corrected chi connectivity index (χ3v) is 2.39. The van der Waals surface area contributed by atoms with Crippen LogP contribution in [0, 0.1) is 5.82 Å². The molecule has 1 aliphatic carbocycles. The Kier molecular flexibility index (Phi) is 2.00. The van der Waals surface area contributed by atoms with Crippen LogP contribution in [0.15, 0.2) is 23.4 Å². The molecule has 0 heterocycles. The summed E-state index contributed by atoms with van der Waals surface area (Å²) in [7, 11) is 0. The summed E-state index contributed by atoms with van der Waals surface area (Å²) in [5, 5.41) is 11.8. The summed E-state index contributed by atoms with van der Waals surface area (Å²) in [6.07, 6.45) is 2.14. The second kappa shape index (κ2) is 3.17. The van der Waals surface area contributed by atoms with Crippen molar-refractivity contribution in [2.75, 3.05) is 0 Å². The molecule has 0 unspecified atom stereocenters. The summed E-state index contributed by atoms with van der Waals surface area (Å²) in [5.74, 6) is -0.192. The number of hydrogen-bond donors (Lipinski definition) is 1. The maximum atomic E-state index is 12.8. The van der Waals surface area contributed by atoms with Crippen LogP contribution in [-0.4, -0.2) is 10.9 Å². The molecule has 1 aromatic carbocycles. The highest BCUT2D eigenvalue weighted by Crippen LogP contribution is 2.20. The van der Waals surface area contributed by atoms with E-state index in [0.717, 1.165) is 29.7 Å². The van der Waals surface area contributed by atoms with Crippen molar-refractivity contribution in [2.24, 2.45) is 5.16 Å². The van der Waals surface area contributed by atoms with E-state index >= 15 is 0 Å². The molecule has 1 aliphatic rings. The molecule has 0 amide bonds. The molecular weight excluding hydrogens is 169 g/mol. The van der Waals surface area contributed by atoms with Crippen molar-refractivity contribution in [3.05, 3.63) is 35.1 Å². The smallest absolute Gasteiger partial charge is 0.123 e. The number of rotatable bonds is 0. The van der Waals surface area contributed by atoms with Gasteiger partial charge < -0.3 is 5.21 Å². The Hall–Kier alpha value is -1.38. The van der Waals surface area contributed by atoms with Gasteiger partial charge >= 0.3 is 0 Å². The number of aryl methyl sites for hydroxylation is 1. The minimum atomic E-state index is -0.192. The van der Waals surface area contributed by atoms with E-state index in [1.54, 1.807) is 12.1 Å². The average molecular weight is 179 g/mol. The first-order chi connectivity index (χ1) is 6.29. The Morgan fingerprint density at radius 2 is 2.08 bits per heavy atom. The molecule has 68 valence electrons. The largest absolute Gasteiger partial charge is 0.411 e. The first kappa shape index (κ1) is 8.23. The number of oxime groups is 1. The molecule has 0 saturated carbocycles. The predicted molar refractivity (Wildman–Crippen MR) is 47.6 cm³/mol.